The van der Waals surface area contributed by atoms with Gasteiger partial charge in [-0.25, -0.2) is 13.2 Å². The van der Waals surface area contributed by atoms with Crippen molar-refractivity contribution in [1.29, 1.82) is 0 Å². The lowest BCUT2D eigenvalue weighted by molar-refractivity contribution is -0.137. The van der Waals surface area contributed by atoms with Crippen LogP contribution in [0, 0.1) is 0 Å². The molecule has 0 saturated heterocycles. The summed E-state index contributed by atoms with van der Waals surface area (Å²) in [4.78, 5) is 11.4. The molecule has 0 aliphatic carbocycles. The first-order chi connectivity index (χ1) is 13.2. The standard InChI is InChI=1S/C20H14Cl2F6O/c1-10(29)13-5-3-12(7-15(13)20(26,27)28)18(23)9-14(19(2,24)25)11-4-6-16(21)17(22)8-11/h3-9,14H,1-2H3/b18-9-. The molecule has 2 aromatic carbocycles. The van der Waals surface area contributed by atoms with Crippen LogP contribution < -0.4 is 0 Å². The van der Waals surface area contributed by atoms with Gasteiger partial charge in [0.15, 0.2) is 5.78 Å². The van der Waals surface area contributed by atoms with E-state index in [1.54, 1.807) is 0 Å². The molecule has 1 atom stereocenters. The van der Waals surface area contributed by atoms with Crippen LogP contribution in [-0.4, -0.2) is 11.7 Å². The third kappa shape index (κ3) is 5.54. The summed E-state index contributed by atoms with van der Waals surface area (Å²) in [6, 6.07) is 5.77. The minimum Gasteiger partial charge on any atom is -0.294 e. The second kappa shape index (κ2) is 8.40. The van der Waals surface area contributed by atoms with E-state index < -0.39 is 46.3 Å². The summed E-state index contributed by atoms with van der Waals surface area (Å²) in [5.41, 5.74) is -2.65. The monoisotopic (exact) mass is 454 g/mol. The van der Waals surface area contributed by atoms with Crippen LogP contribution in [-0.2, 0) is 6.18 Å². The highest BCUT2D eigenvalue weighted by atomic mass is 35.5. The molecule has 0 aromatic heterocycles. The number of halogens is 8. The number of hydrogen-bond acceptors (Lipinski definition) is 1. The summed E-state index contributed by atoms with van der Waals surface area (Å²) in [5.74, 6) is -7.44. The van der Waals surface area contributed by atoms with Crippen LogP contribution >= 0.6 is 23.2 Å². The van der Waals surface area contributed by atoms with E-state index in [2.05, 4.69) is 0 Å². The second-order valence-corrected chi connectivity index (χ2v) is 7.25. The number of hydrogen-bond donors (Lipinski definition) is 0. The summed E-state index contributed by atoms with van der Waals surface area (Å²) < 4.78 is 82.5. The molecule has 156 valence electrons. The zero-order valence-electron chi connectivity index (χ0n) is 15.1. The van der Waals surface area contributed by atoms with Gasteiger partial charge in [-0.2, -0.15) is 13.2 Å². The van der Waals surface area contributed by atoms with E-state index in [0.29, 0.717) is 19.1 Å². The first-order valence-electron chi connectivity index (χ1n) is 8.14. The number of allylic oxidation sites excluding steroid dienone is 1. The van der Waals surface area contributed by atoms with Crippen LogP contribution in [0.4, 0.5) is 26.3 Å². The predicted octanol–water partition coefficient (Wildman–Crippen LogP) is 7.96. The molecule has 0 aliphatic heterocycles. The van der Waals surface area contributed by atoms with Gasteiger partial charge in [-0.1, -0.05) is 41.4 Å². The van der Waals surface area contributed by atoms with Gasteiger partial charge in [-0.05, 0) is 36.8 Å². The summed E-state index contributed by atoms with van der Waals surface area (Å²) in [7, 11) is 0. The van der Waals surface area contributed by atoms with Gasteiger partial charge in [0, 0.05) is 18.1 Å². The highest BCUT2D eigenvalue weighted by Crippen LogP contribution is 2.40. The zero-order valence-corrected chi connectivity index (χ0v) is 16.6. The van der Waals surface area contributed by atoms with Crippen LogP contribution in [0.15, 0.2) is 42.5 Å². The van der Waals surface area contributed by atoms with Crippen molar-refractivity contribution in [2.45, 2.75) is 31.9 Å². The van der Waals surface area contributed by atoms with Crippen molar-refractivity contribution in [2.24, 2.45) is 0 Å². The van der Waals surface area contributed by atoms with E-state index in [0.717, 1.165) is 25.1 Å². The summed E-state index contributed by atoms with van der Waals surface area (Å²) >= 11 is 11.6. The Labute approximate surface area is 172 Å². The van der Waals surface area contributed by atoms with Crippen LogP contribution in [0.3, 0.4) is 0 Å². The van der Waals surface area contributed by atoms with Gasteiger partial charge in [0.05, 0.1) is 21.5 Å². The topological polar surface area (TPSA) is 17.1 Å². The van der Waals surface area contributed by atoms with Gasteiger partial charge in [0.1, 0.15) is 5.83 Å². The Hall–Kier alpha value is -1.99. The van der Waals surface area contributed by atoms with Crippen molar-refractivity contribution < 1.29 is 31.1 Å². The maximum atomic E-state index is 14.7. The number of carbonyl (C=O) groups is 1. The quantitative estimate of drug-likeness (QED) is 0.330. The van der Waals surface area contributed by atoms with Gasteiger partial charge < -0.3 is 0 Å². The second-order valence-electron chi connectivity index (χ2n) is 6.44. The Balaban J connectivity index is 2.58. The molecule has 0 N–H and O–H groups in total. The third-order valence-electron chi connectivity index (χ3n) is 4.14. The molecule has 0 amide bonds. The van der Waals surface area contributed by atoms with E-state index in [4.69, 9.17) is 23.2 Å². The average molecular weight is 455 g/mol. The molecule has 1 unspecified atom stereocenters. The van der Waals surface area contributed by atoms with Gasteiger partial charge in [-0.15, -0.1) is 0 Å². The van der Waals surface area contributed by atoms with E-state index in [9.17, 15) is 31.1 Å². The highest BCUT2D eigenvalue weighted by Gasteiger charge is 2.37. The molecule has 0 heterocycles. The van der Waals surface area contributed by atoms with Gasteiger partial charge in [-0.3, -0.25) is 4.79 Å². The minimum atomic E-state index is -4.92. The molecule has 0 fully saturated rings. The van der Waals surface area contributed by atoms with Crippen molar-refractivity contribution in [3.05, 3.63) is 74.8 Å². The molecule has 2 aromatic rings. The average Bonchev–Trinajstić information content (AvgIpc) is 2.59. The van der Waals surface area contributed by atoms with E-state index in [-0.39, 0.29) is 15.6 Å². The van der Waals surface area contributed by atoms with Gasteiger partial charge in [0.2, 0.25) is 0 Å². The molecular formula is C20H14Cl2F6O. The van der Waals surface area contributed by atoms with E-state index >= 15 is 0 Å². The molecule has 9 heteroatoms. The van der Waals surface area contributed by atoms with Gasteiger partial charge >= 0.3 is 6.18 Å². The minimum absolute atomic E-state index is 0.0302. The number of rotatable bonds is 5. The SMILES string of the molecule is CC(=O)c1ccc(/C(F)=C/C(c2ccc(Cl)c(Cl)c2)C(C)(F)F)cc1C(F)(F)F. The van der Waals surface area contributed by atoms with Crippen LogP contribution in [0.2, 0.25) is 10.0 Å². The van der Waals surface area contributed by atoms with E-state index in [1.165, 1.54) is 12.1 Å². The molecular weight excluding hydrogens is 441 g/mol. The van der Waals surface area contributed by atoms with Crippen molar-refractivity contribution in [1.82, 2.24) is 0 Å². The normalized spacial score (nSPS) is 14.1. The largest absolute Gasteiger partial charge is 0.417 e. The third-order valence-corrected chi connectivity index (χ3v) is 4.88. The van der Waals surface area contributed by atoms with Crippen LogP contribution in [0.1, 0.15) is 46.8 Å². The molecule has 1 nitrogen and oxygen atoms in total. The van der Waals surface area contributed by atoms with Gasteiger partial charge in [0.25, 0.3) is 5.92 Å². The Morgan fingerprint density at radius 3 is 2.10 bits per heavy atom. The van der Waals surface area contributed by atoms with Crippen molar-refractivity contribution in [3.63, 3.8) is 0 Å². The summed E-state index contributed by atoms with van der Waals surface area (Å²) in [5, 5.41) is 0.0741. The Morgan fingerprint density at radius 1 is 1.00 bits per heavy atom. The summed E-state index contributed by atoms with van der Waals surface area (Å²) in [6.45, 7) is 1.48. The molecule has 0 spiro atoms. The first kappa shape index (κ1) is 23.3. The first-order valence-corrected chi connectivity index (χ1v) is 8.90. The molecule has 0 bridgehead atoms. The number of carbonyl (C=O) groups excluding carboxylic acids is 1. The molecule has 0 radical (unpaired) electrons. The van der Waals surface area contributed by atoms with E-state index in [1.807, 2.05) is 0 Å². The lowest BCUT2D eigenvalue weighted by Crippen LogP contribution is -2.21. The zero-order chi connectivity index (χ0) is 22.1. The number of ketones is 1. The van der Waals surface area contributed by atoms with Crippen molar-refractivity contribution >= 4 is 34.8 Å². The fourth-order valence-electron chi connectivity index (χ4n) is 2.72. The maximum Gasteiger partial charge on any atom is 0.417 e. The fraction of sp³-hybridized carbons (Fsp3) is 0.250. The number of benzene rings is 2. The molecule has 0 saturated carbocycles. The summed E-state index contributed by atoms with van der Waals surface area (Å²) in [6.07, 6.45) is -4.41. The molecule has 2 rings (SSSR count). The maximum absolute atomic E-state index is 14.7. The molecule has 0 aliphatic rings. The Morgan fingerprint density at radius 2 is 1.62 bits per heavy atom. The Kier molecular flexibility index (Phi) is 6.75. The highest BCUT2D eigenvalue weighted by molar-refractivity contribution is 6.42. The fourth-order valence-corrected chi connectivity index (χ4v) is 3.02. The predicted molar refractivity (Wildman–Crippen MR) is 100 cm³/mol. The van der Waals surface area contributed by atoms with Crippen LogP contribution in [0.25, 0.3) is 5.83 Å². The number of alkyl halides is 5. The smallest absolute Gasteiger partial charge is 0.294 e. The lowest BCUT2D eigenvalue weighted by atomic mass is 9.91. The number of Topliss-reactive ketones (excluding diaryl/α,β-unsaturated/α-hetero) is 1. The molecule has 29 heavy (non-hydrogen) atoms. The lowest BCUT2D eigenvalue weighted by Gasteiger charge is -2.22. The Bertz CT molecular complexity index is 960. The van der Waals surface area contributed by atoms with Crippen molar-refractivity contribution in [2.75, 3.05) is 0 Å². The van der Waals surface area contributed by atoms with Crippen molar-refractivity contribution in [3.8, 4) is 0 Å². The van der Waals surface area contributed by atoms with Crippen LogP contribution in [0.5, 0.6) is 0 Å².